The average molecular weight is 247 g/mol. The van der Waals surface area contributed by atoms with E-state index in [4.69, 9.17) is 15.6 Å². The average Bonchev–Trinajstić information content (AvgIpc) is 2.23. The van der Waals surface area contributed by atoms with E-state index in [0.717, 1.165) is 0 Å². The summed E-state index contributed by atoms with van der Waals surface area (Å²) in [4.78, 5) is 32.5. The fraction of sp³-hybridized carbons (Fsp3) is 0.667. The smallest absolute Gasteiger partial charge is 0.326 e. The van der Waals surface area contributed by atoms with Crippen LogP contribution in [0.2, 0.25) is 0 Å². The molecule has 0 heterocycles. The first-order valence-corrected chi connectivity index (χ1v) is 5.01. The van der Waals surface area contributed by atoms with Gasteiger partial charge in [-0.1, -0.05) is 0 Å². The fourth-order valence-electron chi connectivity index (χ4n) is 1.02. The number of methoxy groups -OCH3 is 1. The zero-order valence-corrected chi connectivity index (χ0v) is 9.56. The van der Waals surface area contributed by atoms with E-state index < -0.39 is 23.9 Å². The number of urea groups is 1. The van der Waals surface area contributed by atoms with E-state index in [0.29, 0.717) is 6.61 Å². The topological polar surface area (TPSA) is 131 Å². The zero-order valence-electron chi connectivity index (χ0n) is 9.56. The minimum absolute atomic E-state index is 0.0393. The highest BCUT2D eigenvalue weighted by Crippen LogP contribution is 1.97. The Labute approximate surface area is 98.5 Å². The van der Waals surface area contributed by atoms with E-state index in [1.165, 1.54) is 7.11 Å². The molecule has 8 nitrogen and oxygen atoms in total. The van der Waals surface area contributed by atoms with Crippen LogP contribution < -0.4 is 16.4 Å². The van der Waals surface area contributed by atoms with Crippen LogP contribution in [0, 0.1) is 0 Å². The van der Waals surface area contributed by atoms with Crippen molar-refractivity contribution in [3.8, 4) is 0 Å². The van der Waals surface area contributed by atoms with Gasteiger partial charge in [0, 0.05) is 20.1 Å². The van der Waals surface area contributed by atoms with Crippen LogP contribution in [0.1, 0.15) is 12.8 Å². The molecule has 3 amide bonds. The highest BCUT2D eigenvalue weighted by Gasteiger charge is 2.20. The number of hydrogen-bond donors (Lipinski definition) is 4. The first-order valence-electron chi connectivity index (χ1n) is 5.01. The molecule has 0 aliphatic heterocycles. The normalized spacial score (nSPS) is 11.6. The number of amides is 3. The van der Waals surface area contributed by atoms with Crippen LogP contribution in [0.15, 0.2) is 0 Å². The van der Waals surface area contributed by atoms with Crippen LogP contribution in [0.3, 0.4) is 0 Å². The van der Waals surface area contributed by atoms with Crippen LogP contribution in [-0.2, 0) is 14.3 Å². The highest BCUT2D eigenvalue weighted by atomic mass is 16.5. The number of carboxylic acid groups (broad SMARTS) is 1. The number of primary amides is 1. The number of aliphatic carboxylic acids is 1. The third-order valence-corrected chi connectivity index (χ3v) is 1.87. The second-order valence-electron chi connectivity index (χ2n) is 3.29. The van der Waals surface area contributed by atoms with Crippen LogP contribution in [-0.4, -0.2) is 49.3 Å². The lowest BCUT2D eigenvalue weighted by atomic mass is 10.1. The van der Waals surface area contributed by atoms with Crippen molar-refractivity contribution in [1.82, 2.24) is 10.6 Å². The Morgan fingerprint density at radius 3 is 2.53 bits per heavy atom. The molecule has 0 aromatic carbocycles. The van der Waals surface area contributed by atoms with Gasteiger partial charge >= 0.3 is 12.0 Å². The Balaban J connectivity index is 4.02. The summed E-state index contributed by atoms with van der Waals surface area (Å²) in [5.41, 5.74) is 4.89. The van der Waals surface area contributed by atoms with Gasteiger partial charge in [0.15, 0.2) is 0 Å². The monoisotopic (exact) mass is 247 g/mol. The molecule has 8 heteroatoms. The van der Waals surface area contributed by atoms with Gasteiger partial charge < -0.3 is 26.2 Å². The van der Waals surface area contributed by atoms with E-state index in [1.807, 2.05) is 0 Å². The lowest BCUT2D eigenvalue weighted by Gasteiger charge is -2.14. The van der Waals surface area contributed by atoms with Crippen LogP contribution in [0.5, 0.6) is 0 Å². The van der Waals surface area contributed by atoms with Crippen molar-refractivity contribution < 1.29 is 24.2 Å². The Hall–Kier alpha value is -1.83. The molecule has 1 atom stereocenters. The summed E-state index contributed by atoms with van der Waals surface area (Å²) in [5, 5.41) is 13.4. The van der Waals surface area contributed by atoms with Gasteiger partial charge in [0.05, 0.1) is 6.61 Å². The highest BCUT2D eigenvalue weighted by molar-refractivity contribution is 5.83. The first-order chi connectivity index (χ1) is 7.97. The van der Waals surface area contributed by atoms with Gasteiger partial charge in [0.1, 0.15) is 6.04 Å². The van der Waals surface area contributed by atoms with E-state index in [-0.39, 0.29) is 19.4 Å². The number of nitrogens with one attached hydrogen (secondary N) is 2. The number of carboxylic acids is 1. The number of carbonyl (C=O) groups excluding carboxylic acids is 2. The number of carbonyl (C=O) groups is 3. The number of hydrogen-bond acceptors (Lipinski definition) is 4. The quantitative estimate of drug-likeness (QED) is 0.394. The Morgan fingerprint density at radius 1 is 1.41 bits per heavy atom. The molecule has 0 saturated carbocycles. The van der Waals surface area contributed by atoms with Crippen molar-refractivity contribution in [1.29, 1.82) is 0 Å². The predicted octanol–water partition coefficient (Wildman–Crippen LogP) is -1.35. The van der Waals surface area contributed by atoms with Gasteiger partial charge in [-0.2, -0.15) is 0 Å². The second kappa shape index (κ2) is 8.34. The van der Waals surface area contributed by atoms with Crippen molar-refractivity contribution in [3.05, 3.63) is 0 Å². The van der Waals surface area contributed by atoms with E-state index in [2.05, 4.69) is 10.6 Å². The van der Waals surface area contributed by atoms with Crippen LogP contribution >= 0.6 is 0 Å². The van der Waals surface area contributed by atoms with Crippen molar-refractivity contribution in [2.75, 3.05) is 20.3 Å². The maximum atomic E-state index is 11.2. The van der Waals surface area contributed by atoms with E-state index in [9.17, 15) is 14.4 Å². The summed E-state index contributed by atoms with van der Waals surface area (Å²) in [5.74, 6) is -1.83. The zero-order chi connectivity index (χ0) is 13.3. The number of ether oxygens (including phenoxy) is 1. The Morgan fingerprint density at radius 2 is 2.06 bits per heavy atom. The molecule has 0 aliphatic rings. The maximum absolute atomic E-state index is 11.2. The van der Waals surface area contributed by atoms with Crippen LogP contribution in [0.25, 0.3) is 0 Å². The summed E-state index contributed by atoms with van der Waals surface area (Å²) in [6.45, 7) is 0.594. The standard InChI is InChI=1S/C9H17N3O5/c1-17-5-4-11-9(16)12-6(8(14)15)2-3-7(10)13/h6H,2-5H2,1H3,(H2,10,13)(H,14,15)(H2,11,12,16)/t6-/m1/s1. The van der Waals surface area contributed by atoms with E-state index >= 15 is 0 Å². The summed E-state index contributed by atoms with van der Waals surface area (Å²) in [6.07, 6.45) is -0.141. The van der Waals surface area contributed by atoms with Crippen molar-refractivity contribution in [2.24, 2.45) is 5.73 Å². The minimum Gasteiger partial charge on any atom is -0.480 e. The molecule has 0 fully saturated rings. The molecule has 0 rings (SSSR count). The molecule has 17 heavy (non-hydrogen) atoms. The molecular formula is C9H17N3O5. The van der Waals surface area contributed by atoms with Gasteiger partial charge in [-0.3, -0.25) is 4.79 Å². The summed E-state index contributed by atoms with van der Waals surface area (Å²) in [7, 11) is 1.48. The minimum atomic E-state index is -1.21. The second-order valence-corrected chi connectivity index (χ2v) is 3.29. The predicted molar refractivity (Wildman–Crippen MR) is 58.3 cm³/mol. The molecule has 0 unspecified atom stereocenters. The van der Waals surface area contributed by atoms with E-state index in [1.54, 1.807) is 0 Å². The van der Waals surface area contributed by atoms with Gasteiger partial charge in [-0.25, -0.2) is 9.59 Å². The molecule has 0 radical (unpaired) electrons. The van der Waals surface area contributed by atoms with Crippen molar-refractivity contribution in [2.45, 2.75) is 18.9 Å². The lowest BCUT2D eigenvalue weighted by molar-refractivity contribution is -0.139. The SMILES string of the molecule is COCCNC(=O)N[C@H](CCC(N)=O)C(=O)O. The third kappa shape index (κ3) is 8.03. The molecule has 0 saturated heterocycles. The molecule has 0 spiro atoms. The van der Waals surface area contributed by atoms with Crippen molar-refractivity contribution in [3.63, 3.8) is 0 Å². The summed E-state index contributed by atoms with van der Waals surface area (Å²) in [6, 6.07) is -1.76. The summed E-state index contributed by atoms with van der Waals surface area (Å²) < 4.78 is 4.70. The van der Waals surface area contributed by atoms with Crippen molar-refractivity contribution >= 4 is 17.9 Å². The van der Waals surface area contributed by atoms with Crippen LogP contribution in [0.4, 0.5) is 4.79 Å². The van der Waals surface area contributed by atoms with Gasteiger partial charge in [0.2, 0.25) is 5.91 Å². The number of rotatable bonds is 8. The lowest BCUT2D eigenvalue weighted by Crippen LogP contribution is -2.47. The van der Waals surface area contributed by atoms with Gasteiger partial charge in [-0.15, -0.1) is 0 Å². The molecule has 0 aromatic rings. The Bertz CT molecular complexity index is 282. The molecule has 0 bridgehead atoms. The Kier molecular flexibility index (Phi) is 7.44. The third-order valence-electron chi connectivity index (χ3n) is 1.87. The molecule has 5 N–H and O–H groups in total. The number of nitrogens with two attached hydrogens (primary N) is 1. The fourth-order valence-corrected chi connectivity index (χ4v) is 1.02. The summed E-state index contributed by atoms with van der Waals surface area (Å²) >= 11 is 0. The molecule has 0 aliphatic carbocycles. The molecule has 98 valence electrons. The maximum Gasteiger partial charge on any atom is 0.326 e. The largest absolute Gasteiger partial charge is 0.480 e. The van der Waals surface area contributed by atoms with Gasteiger partial charge in [-0.05, 0) is 6.42 Å². The van der Waals surface area contributed by atoms with Gasteiger partial charge in [0.25, 0.3) is 0 Å². The molecule has 0 aromatic heterocycles. The first kappa shape index (κ1) is 15.2. The molecular weight excluding hydrogens is 230 g/mol.